The van der Waals surface area contributed by atoms with E-state index in [4.69, 9.17) is 5.73 Å². The first-order valence-electron chi connectivity index (χ1n) is 7.55. The van der Waals surface area contributed by atoms with E-state index in [-0.39, 0.29) is 29.8 Å². The largest absolute Gasteiger partial charge is 0.355 e. The number of thiophene rings is 1. The minimum Gasteiger partial charge on any atom is -0.355 e. The van der Waals surface area contributed by atoms with Crippen molar-refractivity contribution in [3.8, 4) is 0 Å². The van der Waals surface area contributed by atoms with Gasteiger partial charge in [0.2, 0.25) is 5.91 Å². The molecular weight excluding hydrogens is 304 g/mol. The van der Waals surface area contributed by atoms with E-state index < -0.39 is 0 Å². The van der Waals surface area contributed by atoms with Gasteiger partial charge in [-0.25, -0.2) is 0 Å². The molecule has 1 fully saturated rings. The number of carbonyl (C=O) groups excluding carboxylic acids is 1. The van der Waals surface area contributed by atoms with E-state index in [1.165, 1.54) is 17.7 Å². The van der Waals surface area contributed by atoms with Crippen LogP contribution < -0.4 is 11.1 Å². The van der Waals surface area contributed by atoms with Gasteiger partial charge in [0.1, 0.15) is 0 Å². The summed E-state index contributed by atoms with van der Waals surface area (Å²) in [6.45, 7) is 5.03. The predicted molar refractivity (Wildman–Crippen MR) is 92.2 cm³/mol. The van der Waals surface area contributed by atoms with E-state index >= 15 is 0 Å². The zero-order valence-electron chi connectivity index (χ0n) is 12.9. The zero-order chi connectivity index (χ0) is 14.6. The minimum atomic E-state index is -0.00148. The molecule has 0 spiro atoms. The molecule has 2 rings (SSSR count). The van der Waals surface area contributed by atoms with Gasteiger partial charge >= 0.3 is 0 Å². The summed E-state index contributed by atoms with van der Waals surface area (Å²) in [6, 6.07) is 4.40. The monoisotopic (exact) mass is 330 g/mol. The SMILES string of the molecule is CC(C)(CNC(=O)CC1CCCCC1N)c1cccs1.Cl. The maximum atomic E-state index is 12.1. The second-order valence-electron chi connectivity index (χ2n) is 6.55. The van der Waals surface area contributed by atoms with Crippen LogP contribution >= 0.6 is 23.7 Å². The summed E-state index contributed by atoms with van der Waals surface area (Å²) >= 11 is 1.75. The molecule has 0 bridgehead atoms. The number of hydrogen-bond acceptors (Lipinski definition) is 3. The third-order valence-electron chi connectivity index (χ3n) is 4.33. The van der Waals surface area contributed by atoms with Crippen LogP contribution in [0.5, 0.6) is 0 Å². The van der Waals surface area contributed by atoms with E-state index in [0.717, 1.165) is 12.8 Å². The molecule has 0 saturated heterocycles. The Hall–Kier alpha value is -0.580. The molecule has 0 radical (unpaired) electrons. The van der Waals surface area contributed by atoms with Crippen LogP contribution in [0, 0.1) is 5.92 Å². The van der Waals surface area contributed by atoms with E-state index in [2.05, 4.69) is 36.7 Å². The van der Waals surface area contributed by atoms with E-state index in [1.54, 1.807) is 11.3 Å². The van der Waals surface area contributed by atoms with Crippen LogP contribution in [-0.2, 0) is 10.2 Å². The molecular formula is C16H27ClN2OS. The number of halogens is 1. The first-order chi connectivity index (χ1) is 9.49. The smallest absolute Gasteiger partial charge is 0.220 e. The van der Waals surface area contributed by atoms with Crippen molar-refractivity contribution in [1.29, 1.82) is 0 Å². The minimum absolute atomic E-state index is 0. The Balaban J connectivity index is 0.00000220. The Bertz CT molecular complexity index is 433. The van der Waals surface area contributed by atoms with Gasteiger partial charge in [0.05, 0.1) is 0 Å². The van der Waals surface area contributed by atoms with Gasteiger partial charge in [-0.3, -0.25) is 4.79 Å². The highest BCUT2D eigenvalue weighted by molar-refractivity contribution is 7.10. The third kappa shape index (κ3) is 5.28. The molecule has 2 unspecified atom stereocenters. The molecule has 1 heterocycles. The molecule has 5 heteroatoms. The molecule has 1 amide bonds. The molecule has 1 aliphatic carbocycles. The molecule has 21 heavy (non-hydrogen) atoms. The Labute approximate surface area is 138 Å². The average Bonchev–Trinajstić information content (AvgIpc) is 2.94. The van der Waals surface area contributed by atoms with Gasteiger partial charge in [0.15, 0.2) is 0 Å². The van der Waals surface area contributed by atoms with Crippen molar-refractivity contribution in [1.82, 2.24) is 5.32 Å². The Morgan fingerprint density at radius 2 is 2.14 bits per heavy atom. The quantitative estimate of drug-likeness (QED) is 0.868. The van der Waals surface area contributed by atoms with Gasteiger partial charge in [-0.05, 0) is 30.2 Å². The van der Waals surface area contributed by atoms with E-state index in [9.17, 15) is 4.79 Å². The summed E-state index contributed by atoms with van der Waals surface area (Å²) in [7, 11) is 0. The van der Waals surface area contributed by atoms with Crippen LogP contribution in [0.4, 0.5) is 0 Å². The number of carbonyl (C=O) groups is 1. The summed E-state index contributed by atoms with van der Waals surface area (Å²) in [5.41, 5.74) is 6.11. The molecule has 1 aromatic rings. The van der Waals surface area contributed by atoms with Gasteiger partial charge in [-0.2, -0.15) is 0 Å². The fourth-order valence-corrected chi connectivity index (χ4v) is 3.72. The number of hydrogen-bond donors (Lipinski definition) is 2. The fourth-order valence-electron chi connectivity index (χ4n) is 2.87. The number of amides is 1. The van der Waals surface area contributed by atoms with E-state index in [0.29, 0.717) is 18.9 Å². The average molecular weight is 331 g/mol. The van der Waals surface area contributed by atoms with Gasteiger partial charge in [0, 0.05) is 29.3 Å². The molecule has 0 aliphatic heterocycles. The van der Waals surface area contributed by atoms with Crippen molar-refractivity contribution in [2.45, 2.75) is 57.4 Å². The lowest BCUT2D eigenvalue weighted by Crippen LogP contribution is -2.40. The predicted octanol–water partition coefficient (Wildman–Crippen LogP) is 3.47. The van der Waals surface area contributed by atoms with Gasteiger partial charge < -0.3 is 11.1 Å². The van der Waals surface area contributed by atoms with Crippen LogP contribution in [0.1, 0.15) is 50.8 Å². The molecule has 1 aliphatic rings. The molecule has 2 atom stereocenters. The lowest BCUT2D eigenvalue weighted by atomic mass is 9.82. The van der Waals surface area contributed by atoms with Crippen molar-refractivity contribution in [3.05, 3.63) is 22.4 Å². The van der Waals surface area contributed by atoms with Crippen LogP contribution in [0.15, 0.2) is 17.5 Å². The van der Waals surface area contributed by atoms with Gasteiger partial charge in [0.25, 0.3) is 0 Å². The van der Waals surface area contributed by atoms with Crippen LogP contribution in [0.25, 0.3) is 0 Å². The molecule has 3 N–H and O–H groups in total. The maximum Gasteiger partial charge on any atom is 0.220 e. The van der Waals surface area contributed by atoms with Crippen molar-refractivity contribution < 1.29 is 4.79 Å². The van der Waals surface area contributed by atoms with Crippen LogP contribution in [0.3, 0.4) is 0 Å². The van der Waals surface area contributed by atoms with E-state index in [1.807, 2.05) is 0 Å². The van der Waals surface area contributed by atoms with Crippen molar-refractivity contribution in [2.75, 3.05) is 6.54 Å². The summed E-state index contributed by atoms with van der Waals surface area (Å²) in [5, 5.41) is 5.17. The second kappa shape index (κ2) is 8.16. The highest BCUT2D eigenvalue weighted by atomic mass is 35.5. The topological polar surface area (TPSA) is 55.1 Å². The maximum absolute atomic E-state index is 12.1. The Morgan fingerprint density at radius 1 is 1.43 bits per heavy atom. The highest BCUT2D eigenvalue weighted by Gasteiger charge is 2.26. The Morgan fingerprint density at radius 3 is 2.76 bits per heavy atom. The first kappa shape index (κ1) is 18.5. The zero-order valence-corrected chi connectivity index (χ0v) is 14.6. The standard InChI is InChI=1S/C16H26N2OS.ClH/c1-16(2,14-8-5-9-20-14)11-18-15(19)10-12-6-3-4-7-13(12)17;/h5,8-9,12-13H,3-4,6-7,10-11,17H2,1-2H3,(H,18,19);1H. The van der Waals surface area contributed by atoms with Gasteiger partial charge in [-0.1, -0.05) is 32.8 Å². The first-order valence-corrected chi connectivity index (χ1v) is 8.43. The summed E-state index contributed by atoms with van der Waals surface area (Å²) in [4.78, 5) is 13.4. The normalized spacial score (nSPS) is 22.4. The van der Waals surface area contributed by atoms with Crippen molar-refractivity contribution in [3.63, 3.8) is 0 Å². The summed E-state index contributed by atoms with van der Waals surface area (Å²) in [6.07, 6.45) is 5.18. The molecule has 1 aromatic heterocycles. The molecule has 1 saturated carbocycles. The highest BCUT2D eigenvalue weighted by Crippen LogP contribution is 2.28. The third-order valence-corrected chi connectivity index (χ3v) is 5.57. The number of rotatable bonds is 5. The molecule has 3 nitrogen and oxygen atoms in total. The number of nitrogens with two attached hydrogens (primary N) is 1. The summed E-state index contributed by atoms with van der Waals surface area (Å²) < 4.78 is 0. The fraction of sp³-hybridized carbons (Fsp3) is 0.688. The summed E-state index contributed by atoms with van der Waals surface area (Å²) in [5.74, 6) is 0.519. The van der Waals surface area contributed by atoms with Gasteiger partial charge in [-0.15, -0.1) is 23.7 Å². The molecule has 0 aromatic carbocycles. The number of nitrogens with one attached hydrogen (secondary N) is 1. The van der Waals surface area contributed by atoms with Crippen molar-refractivity contribution in [2.24, 2.45) is 11.7 Å². The lowest BCUT2D eigenvalue weighted by molar-refractivity contribution is -0.122. The van der Waals surface area contributed by atoms with Crippen LogP contribution in [0.2, 0.25) is 0 Å². The molecule has 120 valence electrons. The van der Waals surface area contributed by atoms with Crippen molar-refractivity contribution >= 4 is 29.7 Å². The Kier molecular flexibility index (Phi) is 7.17. The lowest BCUT2D eigenvalue weighted by Gasteiger charge is -2.29. The second-order valence-corrected chi connectivity index (χ2v) is 7.50. The van der Waals surface area contributed by atoms with Crippen LogP contribution in [-0.4, -0.2) is 18.5 Å².